The zero-order chi connectivity index (χ0) is 13.3. The van der Waals surface area contributed by atoms with Gasteiger partial charge in [-0.05, 0) is 29.1 Å². The molecule has 1 heterocycles. The quantitative estimate of drug-likeness (QED) is 0.727. The highest BCUT2D eigenvalue weighted by atomic mass is 32.1. The molecule has 0 aliphatic carbocycles. The molecule has 0 unspecified atom stereocenters. The molecule has 4 heteroatoms. The van der Waals surface area contributed by atoms with Crippen molar-refractivity contribution in [2.24, 2.45) is 0 Å². The smallest absolute Gasteiger partial charge is 0.118 e. The average molecular weight is 276 g/mol. The van der Waals surface area contributed by atoms with E-state index < -0.39 is 0 Å². The summed E-state index contributed by atoms with van der Waals surface area (Å²) in [5, 5.41) is 8.95. The van der Waals surface area contributed by atoms with Gasteiger partial charge in [-0.3, -0.25) is 0 Å². The molecule has 19 heavy (non-hydrogen) atoms. The molecule has 3 nitrogen and oxygen atoms in total. The summed E-state index contributed by atoms with van der Waals surface area (Å²) in [6.07, 6.45) is 0. The third kappa shape index (κ3) is 5.03. The van der Waals surface area contributed by atoms with E-state index in [4.69, 9.17) is 4.74 Å². The van der Waals surface area contributed by atoms with Gasteiger partial charge in [0.2, 0.25) is 0 Å². The van der Waals surface area contributed by atoms with Crippen molar-refractivity contribution in [1.82, 2.24) is 10.6 Å². The van der Waals surface area contributed by atoms with Gasteiger partial charge in [-0.25, -0.2) is 0 Å². The molecule has 0 saturated carbocycles. The molecule has 0 saturated heterocycles. The van der Waals surface area contributed by atoms with Crippen LogP contribution >= 0.6 is 11.3 Å². The molecule has 0 aliphatic rings. The lowest BCUT2D eigenvalue weighted by Gasteiger charge is -2.07. The van der Waals surface area contributed by atoms with Crippen molar-refractivity contribution in [3.63, 3.8) is 0 Å². The van der Waals surface area contributed by atoms with Crippen LogP contribution in [0, 0.1) is 0 Å². The highest BCUT2D eigenvalue weighted by Gasteiger charge is 1.95. The minimum atomic E-state index is 0.894. The third-order valence-corrected chi connectivity index (χ3v) is 3.72. The second-order valence-corrected chi connectivity index (χ2v) is 5.31. The lowest BCUT2D eigenvalue weighted by atomic mass is 10.2. The van der Waals surface area contributed by atoms with Crippen LogP contribution in [-0.4, -0.2) is 20.2 Å². The van der Waals surface area contributed by atoms with E-state index in [2.05, 4.69) is 40.3 Å². The topological polar surface area (TPSA) is 33.3 Å². The van der Waals surface area contributed by atoms with E-state index in [0.29, 0.717) is 0 Å². The van der Waals surface area contributed by atoms with Crippen molar-refractivity contribution >= 4 is 11.3 Å². The van der Waals surface area contributed by atoms with Crippen molar-refractivity contribution in [2.75, 3.05) is 20.2 Å². The Kier molecular flexibility index (Phi) is 5.88. The van der Waals surface area contributed by atoms with Crippen LogP contribution in [0.2, 0.25) is 0 Å². The molecule has 0 aliphatic heterocycles. The van der Waals surface area contributed by atoms with Crippen LogP contribution in [0.15, 0.2) is 41.8 Å². The van der Waals surface area contributed by atoms with Gasteiger partial charge in [-0.1, -0.05) is 18.2 Å². The fourth-order valence-electron chi connectivity index (χ4n) is 1.78. The summed E-state index contributed by atoms with van der Waals surface area (Å²) in [6, 6.07) is 12.4. The molecule has 0 bridgehead atoms. The number of benzene rings is 1. The first-order valence-electron chi connectivity index (χ1n) is 6.45. The molecule has 2 aromatic rings. The van der Waals surface area contributed by atoms with Gasteiger partial charge in [0.05, 0.1) is 7.11 Å². The van der Waals surface area contributed by atoms with Crippen LogP contribution in [-0.2, 0) is 13.1 Å². The Morgan fingerprint density at radius 3 is 2.37 bits per heavy atom. The van der Waals surface area contributed by atoms with E-state index in [9.17, 15) is 0 Å². The fourth-order valence-corrected chi connectivity index (χ4v) is 2.45. The predicted molar refractivity (Wildman–Crippen MR) is 80.7 cm³/mol. The third-order valence-electron chi connectivity index (χ3n) is 2.85. The molecular formula is C15H20N2OS. The van der Waals surface area contributed by atoms with E-state index in [-0.39, 0.29) is 0 Å². The van der Waals surface area contributed by atoms with Gasteiger partial charge in [0.25, 0.3) is 0 Å². The number of hydrogen-bond donors (Lipinski definition) is 2. The number of rotatable bonds is 8. The summed E-state index contributed by atoms with van der Waals surface area (Å²) < 4.78 is 5.13. The normalized spacial score (nSPS) is 10.6. The van der Waals surface area contributed by atoms with E-state index in [1.165, 1.54) is 10.4 Å². The molecular weight excluding hydrogens is 256 g/mol. The van der Waals surface area contributed by atoms with Gasteiger partial charge < -0.3 is 15.4 Å². The zero-order valence-electron chi connectivity index (χ0n) is 11.2. The summed E-state index contributed by atoms with van der Waals surface area (Å²) in [7, 11) is 1.69. The average Bonchev–Trinajstić information content (AvgIpc) is 2.96. The molecule has 0 fully saturated rings. The molecule has 2 N–H and O–H groups in total. The Bertz CT molecular complexity index is 454. The summed E-state index contributed by atoms with van der Waals surface area (Å²) >= 11 is 1.79. The van der Waals surface area contributed by atoms with Crippen LogP contribution in [0.1, 0.15) is 10.4 Å². The molecule has 0 amide bonds. The highest BCUT2D eigenvalue weighted by molar-refractivity contribution is 7.09. The second kappa shape index (κ2) is 7.94. The number of ether oxygens (including phenoxy) is 1. The van der Waals surface area contributed by atoms with Crippen molar-refractivity contribution in [2.45, 2.75) is 13.1 Å². The minimum Gasteiger partial charge on any atom is -0.497 e. The molecule has 1 aromatic heterocycles. The van der Waals surface area contributed by atoms with Gasteiger partial charge in [0.1, 0.15) is 5.75 Å². The van der Waals surface area contributed by atoms with Gasteiger partial charge >= 0.3 is 0 Å². The molecule has 0 radical (unpaired) electrons. The first-order valence-corrected chi connectivity index (χ1v) is 7.33. The fraction of sp³-hybridized carbons (Fsp3) is 0.333. The van der Waals surface area contributed by atoms with Crippen LogP contribution in [0.3, 0.4) is 0 Å². The monoisotopic (exact) mass is 276 g/mol. The maximum Gasteiger partial charge on any atom is 0.118 e. The number of thiophene rings is 1. The van der Waals surface area contributed by atoms with E-state index in [1.807, 2.05) is 12.1 Å². The zero-order valence-corrected chi connectivity index (χ0v) is 12.0. The van der Waals surface area contributed by atoms with E-state index >= 15 is 0 Å². The van der Waals surface area contributed by atoms with Crippen molar-refractivity contribution in [1.29, 1.82) is 0 Å². The highest BCUT2D eigenvalue weighted by Crippen LogP contribution is 2.10. The van der Waals surface area contributed by atoms with E-state index in [0.717, 1.165) is 31.9 Å². The van der Waals surface area contributed by atoms with Gasteiger partial charge in [0, 0.05) is 31.1 Å². The Hall–Kier alpha value is -1.36. The SMILES string of the molecule is COc1ccc(CNCCNCc2cccs2)cc1. The summed E-state index contributed by atoms with van der Waals surface area (Å²) in [4.78, 5) is 1.38. The minimum absolute atomic E-state index is 0.894. The van der Waals surface area contributed by atoms with Crippen molar-refractivity contribution in [3.8, 4) is 5.75 Å². The summed E-state index contributed by atoms with van der Waals surface area (Å²) in [6.45, 7) is 3.80. The molecule has 102 valence electrons. The van der Waals surface area contributed by atoms with Crippen molar-refractivity contribution in [3.05, 3.63) is 52.2 Å². The van der Waals surface area contributed by atoms with Crippen molar-refractivity contribution < 1.29 is 4.74 Å². The predicted octanol–water partition coefficient (Wildman–Crippen LogP) is 2.64. The standard InChI is InChI=1S/C15H20N2OS/c1-18-14-6-4-13(5-7-14)11-16-8-9-17-12-15-3-2-10-19-15/h2-7,10,16-17H,8-9,11-12H2,1H3. The maximum atomic E-state index is 5.13. The molecule has 0 atom stereocenters. The maximum absolute atomic E-state index is 5.13. The largest absolute Gasteiger partial charge is 0.497 e. The number of methoxy groups -OCH3 is 1. The lowest BCUT2D eigenvalue weighted by Crippen LogP contribution is -2.26. The van der Waals surface area contributed by atoms with Crippen LogP contribution < -0.4 is 15.4 Å². The number of hydrogen-bond acceptors (Lipinski definition) is 4. The van der Waals surface area contributed by atoms with Crippen LogP contribution in [0.5, 0.6) is 5.75 Å². The first kappa shape index (κ1) is 14.1. The summed E-state index contributed by atoms with van der Waals surface area (Å²) in [5.74, 6) is 0.904. The van der Waals surface area contributed by atoms with Gasteiger partial charge in [-0.2, -0.15) is 0 Å². The van der Waals surface area contributed by atoms with E-state index in [1.54, 1.807) is 18.4 Å². The molecule has 2 rings (SSSR count). The Labute approximate surface area is 118 Å². The molecule has 0 spiro atoms. The lowest BCUT2D eigenvalue weighted by molar-refractivity contribution is 0.414. The number of nitrogens with one attached hydrogen (secondary N) is 2. The Morgan fingerprint density at radius 2 is 1.74 bits per heavy atom. The van der Waals surface area contributed by atoms with Gasteiger partial charge in [-0.15, -0.1) is 11.3 Å². The second-order valence-electron chi connectivity index (χ2n) is 4.28. The molecule has 1 aromatic carbocycles. The Morgan fingerprint density at radius 1 is 1.00 bits per heavy atom. The summed E-state index contributed by atoms with van der Waals surface area (Å²) in [5.41, 5.74) is 1.28. The van der Waals surface area contributed by atoms with Crippen LogP contribution in [0.25, 0.3) is 0 Å². The Balaban J connectivity index is 1.56. The first-order chi connectivity index (χ1) is 9.38. The van der Waals surface area contributed by atoms with Crippen LogP contribution in [0.4, 0.5) is 0 Å². The van der Waals surface area contributed by atoms with Gasteiger partial charge in [0.15, 0.2) is 0 Å².